The molecule has 1 unspecified atom stereocenters. The van der Waals surface area contributed by atoms with Crippen molar-refractivity contribution >= 4 is 38.2 Å². The highest BCUT2D eigenvalue weighted by molar-refractivity contribution is 9.10. The van der Waals surface area contributed by atoms with Gasteiger partial charge in [-0.1, -0.05) is 22.9 Å². The predicted molar refractivity (Wildman–Crippen MR) is 83.2 cm³/mol. The van der Waals surface area contributed by atoms with Crippen LogP contribution in [0.5, 0.6) is 0 Å². The molecule has 0 aliphatic carbocycles. The maximum absolute atomic E-state index is 8.93. The second-order valence-electron chi connectivity index (χ2n) is 4.75. The van der Waals surface area contributed by atoms with E-state index >= 15 is 0 Å². The van der Waals surface area contributed by atoms with Gasteiger partial charge in [0.05, 0.1) is 23.1 Å². The van der Waals surface area contributed by atoms with Crippen molar-refractivity contribution in [2.45, 2.75) is 13.3 Å². The normalized spacial score (nSPS) is 12.6. The number of anilines is 2. The zero-order chi connectivity index (χ0) is 13.8. The predicted octanol–water partition coefficient (Wildman–Crippen LogP) is 3.01. The maximum atomic E-state index is 8.93. The molecule has 1 heterocycles. The van der Waals surface area contributed by atoms with Gasteiger partial charge in [-0.25, -0.2) is 0 Å². The van der Waals surface area contributed by atoms with Crippen molar-refractivity contribution in [2.24, 2.45) is 5.92 Å². The fourth-order valence-electron chi connectivity index (χ4n) is 1.98. The number of pyridine rings is 1. The molecular formula is C14H18BrN3O. The number of aliphatic hydroxyl groups is 1. The molecular weight excluding hydrogens is 306 g/mol. The van der Waals surface area contributed by atoms with Gasteiger partial charge in [0.25, 0.3) is 0 Å². The molecule has 4 N–H and O–H groups in total. The molecule has 0 fully saturated rings. The molecule has 19 heavy (non-hydrogen) atoms. The minimum atomic E-state index is 0.209. The minimum absolute atomic E-state index is 0.209. The standard InChI is InChI=1S/C14H18BrN3O/c1-9(4-5-19)7-18-14-11-6-10(15)2-3-13(11)17-8-12(14)16/h2-3,6,8-9,19H,4-5,7,16H2,1H3,(H,17,18). The summed E-state index contributed by atoms with van der Waals surface area (Å²) in [6, 6.07) is 5.93. The van der Waals surface area contributed by atoms with E-state index in [0.29, 0.717) is 11.6 Å². The third-order valence-corrected chi connectivity index (χ3v) is 3.60. The molecule has 0 saturated heterocycles. The Balaban J connectivity index is 2.30. The van der Waals surface area contributed by atoms with Crippen LogP contribution < -0.4 is 11.1 Å². The lowest BCUT2D eigenvalue weighted by Crippen LogP contribution is -2.14. The molecule has 2 aromatic rings. The van der Waals surface area contributed by atoms with Gasteiger partial charge in [0.15, 0.2) is 0 Å². The maximum Gasteiger partial charge on any atom is 0.0743 e. The Morgan fingerprint density at radius 1 is 1.47 bits per heavy atom. The molecule has 2 rings (SSSR count). The number of aliphatic hydroxyl groups excluding tert-OH is 1. The zero-order valence-electron chi connectivity index (χ0n) is 10.9. The molecule has 0 saturated carbocycles. The van der Waals surface area contributed by atoms with Crippen LogP contribution in [0.2, 0.25) is 0 Å². The van der Waals surface area contributed by atoms with Gasteiger partial charge in [-0.3, -0.25) is 4.98 Å². The Labute approximate surface area is 121 Å². The van der Waals surface area contributed by atoms with Gasteiger partial charge in [-0.05, 0) is 30.5 Å². The summed E-state index contributed by atoms with van der Waals surface area (Å²) in [7, 11) is 0. The first kappa shape index (κ1) is 14.1. The lowest BCUT2D eigenvalue weighted by molar-refractivity contribution is 0.266. The van der Waals surface area contributed by atoms with E-state index in [2.05, 4.69) is 33.2 Å². The van der Waals surface area contributed by atoms with Crippen molar-refractivity contribution in [1.82, 2.24) is 4.98 Å². The molecule has 0 aliphatic rings. The fourth-order valence-corrected chi connectivity index (χ4v) is 2.34. The van der Waals surface area contributed by atoms with Crippen LogP contribution in [0.15, 0.2) is 28.9 Å². The molecule has 5 heteroatoms. The number of hydrogen-bond donors (Lipinski definition) is 3. The van der Waals surface area contributed by atoms with Crippen LogP contribution in [0.1, 0.15) is 13.3 Å². The number of nitrogens with zero attached hydrogens (tertiary/aromatic N) is 1. The Bertz CT molecular complexity index is 569. The summed E-state index contributed by atoms with van der Waals surface area (Å²) in [6.07, 6.45) is 2.45. The Morgan fingerprint density at radius 3 is 3.00 bits per heavy atom. The van der Waals surface area contributed by atoms with Crippen molar-refractivity contribution in [3.8, 4) is 0 Å². The summed E-state index contributed by atoms with van der Waals surface area (Å²) >= 11 is 3.47. The van der Waals surface area contributed by atoms with Crippen LogP contribution in [0.3, 0.4) is 0 Å². The van der Waals surface area contributed by atoms with Crippen LogP contribution in [0.4, 0.5) is 11.4 Å². The van der Waals surface area contributed by atoms with Crippen LogP contribution in [-0.4, -0.2) is 23.2 Å². The third-order valence-electron chi connectivity index (χ3n) is 3.11. The van der Waals surface area contributed by atoms with Gasteiger partial charge in [0.1, 0.15) is 0 Å². The van der Waals surface area contributed by atoms with Gasteiger partial charge in [-0.2, -0.15) is 0 Å². The number of nitrogen functional groups attached to an aromatic ring is 1. The molecule has 1 aromatic heterocycles. The quantitative estimate of drug-likeness (QED) is 0.791. The number of nitrogens with one attached hydrogen (secondary N) is 1. The number of rotatable bonds is 5. The van der Waals surface area contributed by atoms with Crippen molar-refractivity contribution < 1.29 is 5.11 Å². The molecule has 102 valence electrons. The van der Waals surface area contributed by atoms with Gasteiger partial charge in [0.2, 0.25) is 0 Å². The van der Waals surface area contributed by atoms with Crippen LogP contribution >= 0.6 is 15.9 Å². The van der Waals surface area contributed by atoms with Gasteiger partial charge < -0.3 is 16.2 Å². The van der Waals surface area contributed by atoms with Gasteiger partial charge in [0, 0.05) is 23.0 Å². The first-order valence-electron chi connectivity index (χ1n) is 6.30. The van der Waals surface area contributed by atoms with Gasteiger partial charge in [-0.15, -0.1) is 0 Å². The van der Waals surface area contributed by atoms with E-state index in [1.165, 1.54) is 0 Å². The summed E-state index contributed by atoms with van der Waals surface area (Å²) in [5, 5.41) is 13.3. The van der Waals surface area contributed by atoms with Crippen molar-refractivity contribution in [1.29, 1.82) is 0 Å². The third kappa shape index (κ3) is 3.36. The van der Waals surface area contributed by atoms with Crippen molar-refractivity contribution in [3.63, 3.8) is 0 Å². The van der Waals surface area contributed by atoms with Crippen LogP contribution in [0, 0.1) is 5.92 Å². The number of halogens is 1. The molecule has 0 aliphatic heterocycles. The fraction of sp³-hybridized carbons (Fsp3) is 0.357. The number of fused-ring (bicyclic) bond motifs is 1. The van der Waals surface area contributed by atoms with Crippen LogP contribution in [-0.2, 0) is 0 Å². The molecule has 0 bridgehead atoms. The van der Waals surface area contributed by atoms with E-state index in [0.717, 1.165) is 34.0 Å². The molecule has 1 aromatic carbocycles. The smallest absolute Gasteiger partial charge is 0.0743 e. The zero-order valence-corrected chi connectivity index (χ0v) is 12.4. The van der Waals surface area contributed by atoms with Crippen molar-refractivity contribution in [2.75, 3.05) is 24.2 Å². The Morgan fingerprint density at radius 2 is 2.26 bits per heavy atom. The molecule has 0 spiro atoms. The average Bonchev–Trinajstić information content (AvgIpc) is 2.38. The second-order valence-corrected chi connectivity index (χ2v) is 5.66. The summed E-state index contributed by atoms with van der Waals surface area (Å²) < 4.78 is 0.999. The summed E-state index contributed by atoms with van der Waals surface area (Å²) in [6.45, 7) is 3.08. The lowest BCUT2D eigenvalue weighted by Gasteiger charge is -2.15. The highest BCUT2D eigenvalue weighted by Gasteiger charge is 2.08. The summed E-state index contributed by atoms with van der Waals surface area (Å²) in [5.74, 6) is 0.389. The number of aromatic nitrogens is 1. The van der Waals surface area contributed by atoms with Crippen LogP contribution in [0.25, 0.3) is 10.9 Å². The first-order chi connectivity index (χ1) is 9.11. The number of hydrogen-bond acceptors (Lipinski definition) is 4. The Hall–Kier alpha value is -1.33. The average molecular weight is 324 g/mol. The topological polar surface area (TPSA) is 71.2 Å². The Kier molecular flexibility index (Phi) is 4.61. The number of nitrogens with two attached hydrogens (primary N) is 1. The van der Waals surface area contributed by atoms with E-state index in [1.54, 1.807) is 6.20 Å². The van der Waals surface area contributed by atoms with E-state index < -0.39 is 0 Å². The highest BCUT2D eigenvalue weighted by Crippen LogP contribution is 2.30. The van der Waals surface area contributed by atoms with Crippen molar-refractivity contribution in [3.05, 3.63) is 28.9 Å². The SMILES string of the molecule is CC(CCO)CNc1c(N)cnc2ccc(Br)cc12. The van der Waals surface area contributed by atoms with E-state index in [4.69, 9.17) is 10.8 Å². The monoisotopic (exact) mass is 323 g/mol. The van der Waals surface area contributed by atoms with E-state index in [-0.39, 0.29) is 6.61 Å². The minimum Gasteiger partial charge on any atom is -0.396 e. The molecule has 0 radical (unpaired) electrons. The summed E-state index contributed by atoms with van der Waals surface area (Å²) in [5.41, 5.74) is 8.47. The second kappa shape index (κ2) is 6.21. The summed E-state index contributed by atoms with van der Waals surface area (Å²) in [4.78, 5) is 4.32. The lowest BCUT2D eigenvalue weighted by atomic mass is 10.1. The van der Waals surface area contributed by atoms with E-state index in [9.17, 15) is 0 Å². The van der Waals surface area contributed by atoms with E-state index in [1.807, 2.05) is 18.2 Å². The largest absolute Gasteiger partial charge is 0.396 e. The number of benzene rings is 1. The molecule has 0 amide bonds. The molecule has 4 nitrogen and oxygen atoms in total. The molecule has 1 atom stereocenters. The van der Waals surface area contributed by atoms with Gasteiger partial charge >= 0.3 is 0 Å². The first-order valence-corrected chi connectivity index (χ1v) is 7.09. The highest BCUT2D eigenvalue weighted by atomic mass is 79.9.